The molecule has 18 heavy (non-hydrogen) atoms. The van der Waals surface area contributed by atoms with Crippen LogP contribution in [0.3, 0.4) is 0 Å². The van der Waals surface area contributed by atoms with Crippen molar-refractivity contribution in [3.63, 3.8) is 0 Å². The molecule has 2 aromatic rings. The number of benzene rings is 1. The molecule has 3 nitrogen and oxygen atoms in total. The molecule has 1 aromatic carbocycles. The van der Waals surface area contributed by atoms with E-state index in [1.165, 1.54) is 7.11 Å². The van der Waals surface area contributed by atoms with Gasteiger partial charge in [0.2, 0.25) is 0 Å². The van der Waals surface area contributed by atoms with Gasteiger partial charge in [0.15, 0.2) is 0 Å². The minimum Gasteiger partial charge on any atom is -0.468 e. The van der Waals surface area contributed by atoms with E-state index in [0.717, 1.165) is 22.0 Å². The standard InChI is InChI=1S/C14H14O3S/c1-10-13(7-8-17-10)18-9-11-3-5-12(6-4-11)14(15)16-2/h3-8H,9H2,1-2H3. The Labute approximate surface area is 110 Å². The average Bonchev–Trinajstić information content (AvgIpc) is 2.81. The summed E-state index contributed by atoms with van der Waals surface area (Å²) < 4.78 is 9.89. The van der Waals surface area contributed by atoms with E-state index >= 15 is 0 Å². The van der Waals surface area contributed by atoms with Crippen molar-refractivity contribution in [2.45, 2.75) is 17.6 Å². The number of aryl methyl sites for hydroxylation is 1. The lowest BCUT2D eigenvalue weighted by Crippen LogP contribution is -2.00. The summed E-state index contributed by atoms with van der Waals surface area (Å²) in [6, 6.07) is 9.40. The van der Waals surface area contributed by atoms with Gasteiger partial charge in [0.05, 0.1) is 18.9 Å². The first-order valence-electron chi connectivity index (χ1n) is 5.55. The molecule has 2 rings (SSSR count). The Bertz CT molecular complexity index is 528. The zero-order chi connectivity index (χ0) is 13.0. The summed E-state index contributed by atoms with van der Waals surface area (Å²) in [5.74, 6) is 1.48. The lowest BCUT2D eigenvalue weighted by molar-refractivity contribution is 0.0600. The second kappa shape index (κ2) is 5.78. The highest BCUT2D eigenvalue weighted by Gasteiger charge is 2.05. The fourth-order valence-electron chi connectivity index (χ4n) is 1.54. The second-order valence-electron chi connectivity index (χ2n) is 3.82. The van der Waals surface area contributed by atoms with Gasteiger partial charge >= 0.3 is 5.97 Å². The molecule has 0 fully saturated rings. The van der Waals surface area contributed by atoms with Gasteiger partial charge in [-0.15, -0.1) is 11.8 Å². The van der Waals surface area contributed by atoms with Gasteiger partial charge in [0.25, 0.3) is 0 Å². The molecule has 1 heterocycles. The Morgan fingerprint density at radius 2 is 2.00 bits per heavy atom. The molecule has 4 heteroatoms. The number of thioether (sulfide) groups is 1. The molecule has 0 saturated carbocycles. The highest BCUT2D eigenvalue weighted by atomic mass is 32.2. The molecule has 0 N–H and O–H groups in total. The summed E-state index contributed by atoms with van der Waals surface area (Å²) in [5, 5.41) is 0. The van der Waals surface area contributed by atoms with Gasteiger partial charge in [0, 0.05) is 10.6 Å². The van der Waals surface area contributed by atoms with Gasteiger partial charge in [0.1, 0.15) is 5.76 Å². The van der Waals surface area contributed by atoms with E-state index in [1.54, 1.807) is 30.2 Å². The number of carbonyl (C=O) groups is 1. The first-order chi connectivity index (χ1) is 8.70. The topological polar surface area (TPSA) is 39.4 Å². The molecule has 0 saturated heterocycles. The predicted octanol–water partition coefficient (Wildman–Crippen LogP) is 3.67. The Morgan fingerprint density at radius 3 is 2.56 bits per heavy atom. The highest BCUT2D eigenvalue weighted by molar-refractivity contribution is 7.98. The lowest BCUT2D eigenvalue weighted by Gasteiger charge is -2.02. The van der Waals surface area contributed by atoms with Crippen LogP contribution < -0.4 is 0 Å². The number of furan rings is 1. The molecular weight excluding hydrogens is 248 g/mol. The molecule has 0 unspecified atom stereocenters. The molecule has 0 radical (unpaired) electrons. The first kappa shape index (κ1) is 12.8. The Kier molecular flexibility index (Phi) is 4.10. The smallest absolute Gasteiger partial charge is 0.337 e. The van der Waals surface area contributed by atoms with E-state index in [0.29, 0.717) is 5.56 Å². The number of esters is 1. The van der Waals surface area contributed by atoms with Crippen molar-refractivity contribution in [3.05, 3.63) is 53.5 Å². The molecule has 0 spiro atoms. The third-order valence-electron chi connectivity index (χ3n) is 2.58. The molecule has 0 aliphatic carbocycles. The zero-order valence-corrected chi connectivity index (χ0v) is 11.1. The number of hydrogen-bond acceptors (Lipinski definition) is 4. The first-order valence-corrected chi connectivity index (χ1v) is 6.53. The van der Waals surface area contributed by atoms with E-state index in [9.17, 15) is 4.79 Å². The van der Waals surface area contributed by atoms with Crippen LogP contribution in [-0.2, 0) is 10.5 Å². The third kappa shape index (κ3) is 2.96. The minimum atomic E-state index is -0.306. The van der Waals surface area contributed by atoms with Crippen LogP contribution in [0.15, 0.2) is 45.9 Å². The van der Waals surface area contributed by atoms with Crippen LogP contribution in [0.25, 0.3) is 0 Å². The summed E-state index contributed by atoms with van der Waals surface area (Å²) in [7, 11) is 1.38. The molecule has 1 aromatic heterocycles. The molecule has 0 bridgehead atoms. The molecule has 0 atom stereocenters. The predicted molar refractivity (Wildman–Crippen MR) is 70.8 cm³/mol. The van der Waals surface area contributed by atoms with Crippen LogP contribution in [0, 0.1) is 6.92 Å². The molecule has 0 aliphatic heterocycles. The summed E-state index contributed by atoms with van der Waals surface area (Å²) in [6.07, 6.45) is 1.69. The highest BCUT2D eigenvalue weighted by Crippen LogP contribution is 2.26. The fourth-order valence-corrected chi connectivity index (χ4v) is 2.46. The van der Waals surface area contributed by atoms with Gasteiger partial charge in [-0.2, -0.15) is 0 Å². The van der Waals surface area contributed by atoms with Crippen molar-refractivity contribution in [2.75, 3.05) is 7.11 Å². The normalized spacial score (nSPS) is 10.3. The zero-order valence-electron chi connectivity index (χ0n) is 10.3. The Balaban J connectivity index is 1.98. The summed E-state index contributed by atoms with van der Waals surface area (Å²) in [4.78, 5) is 12.4. The summed E-state index contributed by atoms with van der Waals surface area (Å²) in [5.41, 5.74) is 1.74. The Hall–Kier alpha value is -1.68. The third-order valence-corrected chi connectivity index (χ3v) is 3.79. The molecule has 94 valence electrons. The van der Waals surface area contributed by atoms with Gasteiger partial charge in [-0.25, -0.2) is 4.79 Å². The molecular formula is C14H14O3S. The maximum absolute atomic E-state index is 11.3. The SMILES string of the molecule is COC(=O)c1ccc(CSc2ccoc2C)cc1. The number of ether oxygens (including phenoxy) is 1. The Morgan fingerprint density at radius 1 is 1.28 bits per heavy atom. The summed E-state index contributed by atoms with van der Waals surface area (Å²) >= 11 is 1.72. The van der Waals surface area contributed by atoms with Crippen LogP contribution in [0.4, 0.5) is 0 Å². The number of rotatable bonds is 4. The van der Waals surface area contributed by atoms with Crippen molar-refractivity contribution in [1.29, 1.82) is 0 Å². The van der Waals surface area contributed by atoms with Crippen LogP contribution >= 0.6 is 11.8 Å². The minimum absolute atomic E-state index is 0.306. The van der Waals surface area contributed by atoms with Crippen LogP contribution in [0.5, 0.6) is 0 Å². The van der Waals surface area contributed by atoms with Gasteiger partial charge in [-0.05, 0) is 30.7 Å². The largest absolute Gasteiger partial charge is 0.468 e. The van der Waals surface area contributed by atoms with E-state index in [-0.39, 0.29) is 5.97 Å². The quantitative estimate of drug-likeness (QED) is 0.622. The van der Waals surface area contributed by atoms with Crippen molar-refractivity contribution >= 4 is 17.7 Å². The van der Waals surface area contributed by atoms with E-state index < -0.39 is 0 Å². The maximum atomic E-state index is 11.3. The maximum Gasteiger partial charge on any atom is 0.337 e. The van der Waals surface area contributed by atoms with Gasteiger partial charge < -0.3 is 9.15 Å². The van der Waals surface area contributed by atoms with E-state index in [2.05, 4.69) is 4.74 Å². The number of carbonyl (C=O) groups excluding carboxylic acids is 1. The van der Waals surface area contributed by atoms with Gasteiger partial charge in [-0.1, -0.05) is 12.1 Å². The monoisotopic (exact) mass is 262 g/mol. The average molecular weight is 262 g/mol. The van der Waals surface area contributed by atoms with Crippen LogP contribution in [-0.4, -0.2) is 13.1 Å². The van der Waals surface area contributed by atoms with Crippen molar-refractivity contribution in [2.24, 2.45) is 0 Å². The lowest BCUT2D eigenvalue weighted by atomic mass is 10.1. The second-order valence-corrected chi connectivity index (χ2v) is 4.84. The fraction of sp³-hybridized carbons (Fsp3) is 0.214. The van der Waals surface area contributed by atoms with Crippen LogP contribution in [0.2, 0.25) is 0 Å². The number of methoxy groups -OCH3 is 1. The van der Waals surface area contributed by atoms with Gasteiger partial charge in [-0.3, -0.25) is 0 Å². The summed E-state index contributed by atoms with van der Waals surface area (Å²) in [6.45, 7) is 1.95. The van der Waals surface area contributed by atoms with Crippen molar-refractivity contribution in [1.82, 2.24) is 0 Å². The number of hydrogen-bond donors (Lipinski definition) is 0. The molecule has 0 amide bonds. The van der Waals surface area contributed by atoms with Crippen LogP contribution in [0.1, 0.15) is 21.7 Å². The van der Waals surface area contributed by atoms with E-state index in [4.69, 9.17) is 4.42 Å². The van der Waals surface area contributed by atoms with Crippen molar-refractivity contribution in [3.8, 4) is 0 Å². The molecule has 0 aliphatic rings. The van der Waals surface area contributed by atoms with Crippen molar-refractivity contribution < 1.29 is 13.9 Å². The van der Waals surface area contributed by atoms with E-state index in [1.807, 2.05) is 25.1 Å².